The average molecular weight is 322 g/mol. The molecule has 1 aromatic carbocycles. The van der Waals surface area contributed by atoms with Crippen LogP contribution in [0.4, 0.5) is 11.4 Å². The van der Waals surface area contributed by atoms with E-state index in [4.69, 9.17) is 0 Å². The molecule has 0 atom stereocenters. The van der Waals surface area contributed by atoms with Crippen LogP contribution in [0.25, 0.3) is 0 Å². The smallest absolute Gasteiger partial charge is 0.287 e. The van der Waals surface area contributed by atoms with Crippen molar-refractivity contribution in [3.8, 4) is 0 Å². The Kier molecular flexibility index (Phi) is 3.29. The molecule has 0 aliphatic carbocycles. The maximum atomic E-state index is 10.6. The zero-order valence-corrected chi connectivity index (χ0v) is 9.20. The molecule has 0 unspecified atom stereocenters. The predicted molar refractivity (Wildman–Crippen MR) is 57.9 cm³/mol. The molecular formula is C7H3IN2O5. The number of nitro groups is 2. The molecule has 78 valence electrons. The van der Waals surface area contributed by atoms with E-state index < -0.39 is 21.2 Å². The van der Waals surface area contributed by atoms with Crippen LogP contribution in [0, 0.1) is 23.8 Å². The van der Waals surface area contributed by atoms with Gasteiger partial charge in [-0.2, -0.15) is 0 Å². The molecule has 1 aromatic rings. The van der Waals surface area contributed by atoms with Crippen molar-refractivity contribution < 1.29 is 14.6 Å². The van der Waals surface area contributed by atoms with Gasteiger partial charge in [-0.15, -0.1) is 0 Å². The van der Waals surface area contributed by atoms with Gasteiger partial charge in [0.2, 0.25) is 0 Å². The number of carbonyl (C=O) groups is 1. The van der Waals surface area contributed by atoms with E-state index in [0.29, 0.717) is 6.29 Å². The third-order valence-corrected chi connectivity index (χ3v) is 2.51. The summed E-state index contributed by atoms with van der Waals surface area (Å²) in [6, 6.07) is 1.88. The minimum absolute atomic E-state index is 0.147. The van der Waals surface area contributed by atoms with Crippen molar-refractivity contribution in [2.45, 2.75) is 0 Å². The molecule has 0 heterocycles. The van der Waals surface area contributed by atoms with E-state index in [1.807, 2.05) is 0 Å². The van der Waals surface area contributed by atoms with Gasteiger partial charge in [-0.3, -0.25) is 25.0 Å². The van der Waals surface area contributed by atoms with E-state index in [1.165, 1.54) is 0 Å². The third-order valence-electron chi connectivity index (χ3n) is 1.62. The van der Waals surface area contributed by atoms with Crippen LogP contribution in [0.1, 0.15) is 10.4 Å². The van der Waals surface area contributed by atoms with Crippen LogP contribution in [-0.4, -0.2) is 16.1 Å². The molecule has 1 rings (SSSR count). The summed E-state index contributed by atoms with van der Waals surface area (Å²) in [5.74, 6) is 0. The highest BCUT2D eigenvalue weighted by molar-refractivity contribution is 14.1. The third kappa shape index (κ3) is 2.26. The number of hydrogen-bond donors (Lipinski definition) is 0. The number of carbonyl (C=O) groups excluding carboxylic acids is 1. The lowest BCUT2D eigenvalue weighted by molar-refractivity contribution is -0.394. The van der Waals surface area contributed by atoms with Crippen molar-refractivity contribution in [3.63, 3.8) is 0 Å². The van der Waals surface area contributed by atoms with Crippen LogP contribution in [0.2, 0.25) is 0 Å². The van der Waals surface area contributed by atoms with Crippen LogP contribution < -0.4 is 0 Å². The van der Waals surface area contributed by atoms with Crippen LogP contribution in [0.3, 0.4) is 0 Å². The van der Waals surface area contributed by atoms with E-state index in [2.05, 4.69) is 0 Å². The Morgan fingerprint density at radius 1 is 1.20 bits per heavy atom. The summed E-state index contributed by atoms with van der Waals surface area (Å²) >= 11 is 1.64. The molecule has 0 fully saturated rings. The maximum Gasteiger partial charge on any atom is 0.287 e. The van der Waals surface area contributed by atoms with Crippen molar-refractivity contribution in [1.82, 2.24) is 0 Å². The first kappa shape index (κ1) is 11.5. The first-order chi connectivity index (χ1) is 6.97. The highest BCUT2D eigenvalue weighted by Gasteiger charge is 2.22. The number of hydrogen-bond acceptors (Lipinski definition) is 5. The number of aldehydes is 1. The lowest BCUT2D eigenvalue weighted by Gasteiger charge is -1.98. The van der Waals surface area contributed by atoms with Crippen LogP contribution in [0.5, 0.6) is 0 Å². The van der Waals surface area contributed by atoms with E-state index in [1.54, 1.807) is 22.6 Å². The van der Waals surface area contributed by atoms with Crippen molar-refractivity contribution in [2.24, 2.45) is 0 Å². The zero-order valence-electron chi connectivity index (χ0n) is 7.05. The predicted octanol–water partition coefficient (Wildman–Crippen LogP) is 1.92. The van der Waals surface area contributed by atoms with Crippen LogP contribution >= 0.6 is 22.6 Å². The number of halogens is 1. The Labute approximate surface area is 96.5 Å². The molecule has 8 heteroatoms. The second-order valence-corrected chi connectivity index (χ2v) is 3.65. The summed E-state index contributed by atoms with van der Waals surface area (Å²) in [4.78, 5) is 29.9. The minimum atomic E-state index is -0.821. The highest BCUT2D eigenvalue weighted by atomic mass is 127. The zero-order chi connectivity index (χ0) is 11.6. The van der Waals surface area contributed by atoms with Gasteiger partial charge in [0.15, 0.2) is 6.29 Å². The highest BCUT2D eigenvalue weighted by Crippen LogP contribution is 2.28. The fourth-order valence-corrected chi connectivity index (χ4v) is 1.69. The van der Waals surface area contributed by atoms with E-state index in [0.717, 1.165) is 12.1 Å². The first-order valence-electron chi connectivity index (χ1n) is 3.55. The minimum Gasteiger partial charge on any atom is -0.298 e. The van der Waals surface area contributed by atoms with Crippen LogP contribution in [0.15, 0.2) is 12.1 Å². The van der Waals surface area contributed by atoms with Gasteiger partial charge < -0.3 is 0 Å². The molecule has 15 heavy (non-hydrogen) atoms. The molecule has 0 saturated carbocycles. The van der Waals surface area contributed by atoms with Gasteiger partial charge in [0.05, 0.1) is 15.9 Å². The SMILES string of the molecule is O=Cc1c(I)cc([N+](=O)[O-])cc1[N+](=O)[O-]. The van der Waals surface area contributed by atoms with Gasteiger partial charge in [-0.25, -0.2) is 0 Å². The molecule has 7 nitrogen and oxygen atoms in total. The molecule has 0 bridgehead atoms. The molecule has 0 aliphatic heterocycles. The van der Waals surface area contributed by atoms with Gasteiger partial charge in [-0.05, 0) is 22.6 Å². The lowest BCUT2D eigenvalue weighted by atomic mass is 10.2. The Bertz CT molecular complexity index is 459. The van der Waals surface area contributed by atoms with Gasteiger partial charge in [0.25, 0.3) is 11.4 Å². The average Bonchev–Trinajstić information content (AvgIpc) is 2.16. The number of benzene rings is 1. The Hall–Kier alpha value is -1.58. The summed E-state index contributed by atoms with van der Waals surface area (Å²) in [7, 11) is 0. The number of non-ortho nitro benzene ring substituents is 1. The second-order valence-electron chi connectivity index (χ2n) is 2.49. The Balaban J connectivity index is 3.52. The largest absolute Gasteiger partial charge is 0.298 e. The first-order valence-corrected chi connectivity index (χ1v) is 4.62. The standard InChI is InChI=1S/C7H3IN2O5/c8-6-1-4(9(12)13)2-7(10(14)15)5(6)3-11/h1-3H. The monoisotopic (exact) mass is 322 g/mol. The Morgan fingerprint density at radius 2 is 1.80 bits per heavy atom. The van der Waals surface area contributed by atoms with Crippen molar-refractivity contribution in [1.29, 1.82) is 0 Å². The van der Waals surface area contributed by atoms with E-state index in [-0.39, 0.29) is 9.13 Å². The van der Waals surface area contributed by atoms with E-state index in [9.17, 15) is 25.0 Å². The van der Waals surface area contributed by atoms with Gasteiger partial charge >= 0.3 is 0 Å². The number of nitro benzene ring substituents is 2. The van der Waals surface area contributed by atoms with Gasteiger partial charge in [0, 0.05) is 9.64 Å². The summed E-state index contributed by atoms with van der Waals surface area (Å²) < 4.78 is 0.184. The lowest BCUT2D eigenvalue weighted by Crippen LogP contribution is -1.99. The Morgan fingerprint density at radius 3 is 2.20 bits per heavy atom. The number of rotatable bonds is 3. The fraction of sp³-hybridized carbons (Fsp3) is 0. The summed E-state index contributed by atoms with van der Waals surface area (Å²) in [6.07, 6.45) is 0.309. The van der Waals surface area contributed by atoms with Crippen LogP contribution in [-0.2, 0) is 0 Å². The molecular weight excluding hydrogens is 319 g/mol. The van der Waals surface area contributed by atoms with Crippen molar-refractivity contribution in [3.05, 3.63) is 41.5 Å². The van der Waals surface area contributed by atoms with Gasteiger partial charge in [-0.1, -0.05) is 0 Å². The maximum absolute atomic E-state index is 10.6. The second kappa shape index (κ2) is 4.29. The topological polar surface area (TPSA) is 103 Å². The molecule has 0 spiro atoms. The van der Waals surface area contributed by atoms with Gasteiger partial charge in [0.1, 0.15) is 5.56 Å². The molecule has 0 aromatic heterocycles. The molecule has 0 saturated heterocycles. The quantitative estimate of drug-likeness (QED) is 0.366. The molecule has 0 aliphatic rings. The molecule has 0 radical (unpaired) electrons. The fourth-order valence-electron chi connectivity index (χ4n) is 0.963. The molecule has 0 N–H and O–H groups in total. The van der Waals surface area contributed by atoms with Crippen molar-refractivity contribution >= 4 is 40.3 Å². The normalized spacial score (nSPS) is 9.67. The summed E-state index contributed by atoms with van der Waals surface area (Å²) in [6.45, 7) is 0. The molecule has 0 amide bonds. The summed E-state index contributed by atoms with van der Waals surface area (Å²) in [5, 5.41) is 20.9. The number of nitrogens with zero attached hydrogens (tertiary/aromatic N) is 2. The van der Waals surface area contributed by atoms with Crippen molar-refractivity contribution in [2.75, 3.05) is 0 Å². The van der Waals surface area contributed by atoms with E-state index >= 15 is 0 Å². The summed E-state index contributed by atoms with van der Waals surface area (Å²) in [5.41, 5.74) is -1.11.